The van der Waals surface area contributed by atoms with Gasteiger partial charge in [0.2, 0.25) is 0 Å². The maximum atomic E-state index is 10.4. The Kier molecular flexibility index (Phi) is 3.73. The number of rotatable bonds is 4. The van der Waals surface area contributed by atoms with Gasteiger partial charge in [0.05, 0.1) is 16.8 Å². The Balaban J connectivity index is 2.98. The van der Waals surface area contributed by atoms with Gasteiger partial charge >= 0.3 is 0 Å². The lowest BCUT2D eigenvalue weighted by Crippen LogP contribution is -2.03. The number of aliphatic hydroxyl groups is 2. The van der Waals surface area contributed by atoms with Crippen LogP contribution in [0.15, 0.2) is 36.1 Å². The van der Waals surface area contributed by atoms with Gasteiger partial charge in [0.25, 0.3) is 5.69 Å². The first-order chi connectivity index (χ1) is 7.60. The summed E-state index contributed by atoms with van der Waals surface area (Å²) in [7, 11) is 0. The first-order valence-corrected chi connectivity index (χ1v) is 4.32. The number of hydrogen-bond donors (Lipinski definition) is 2. The Labute approximate surface area is 90.6 Å². The van der Waals surface area contributed by atoms with Crippen molar-refractivity contribution in [1.29, 1.82) is 0 Å². The lowest BCUT2D eigenvalue weighted by molar-refractivity contribution is -0.384. The second kappa shape index (κ2) is 5.04. The number of benzene rings is 1. The summed E-state index contributed by atoms with van der Waals surface area (Å²) in [5, 5.41) is 28.6. The minimum Gasteiger partial charge on any atom is -0.515 e. The molecule has 1 aromatic carbocycles. The fourth-order valence-corrected chi connectivity index (χ4v) is 1.14. The maximum Gasteiger partial charge on any atom is 0.269 e. The fraction of sp³-hybridized carbons (Fsp3) is 0.100. The minimum absolute atomic E-state index is 0.114. The third-order valence-corrected chi connectivity index (χ3v) is 2.02. The number of nitrogens with zero attached hydrogens (tertiary/aromatic N) is 1. The second-order valence-electron chi connectivity index (χ2n) is 3.00. The highest BCUT2D eigenvalue weighted by Crippen LogP contribution is 2.22. The van der Waals surface area contributed by atoms with Crippen LogP contribution in [0.2, 0.25) is 0 Å². The molecule has 6 nitrogen and oxygen atoms in total. The Hall–Kier alpha value is -2.21. The summed E-state index contributed by atoms with van der Waals surface area (Å²) in [5.41, 5.74) is -0.0385. The zero-order chi connectivity index (χ0) is 12.1. The van der Waals surface area contributed by atoms with Gasteiger partial charge in [0.1, 0.15) is 6.10 Å². The summed E-state index contributed by atoms with van der Waals surface area (Å²) >= 11 is 0. The smallest absolute Gasteiger partial charge is 0.269 e. The van der Waals surface area contributed by atoms with Crippen molar-refractivity contribution in [1.82, 2.24) is 0 Å². The molecule has 1 unspecified atom stereocenters. The Morgan fingerprint density at radius 3 is 2.31 bits per heavy atom. The van der Waals surface area contributed by atoms with Crippen LogP contribution < -0.4 is 0 Å². The normalized spacial score (nSPS) is 13.2. The number of non-ortho nitro benzene ring substituents is 1. The van der Waals surface area contributed by atoms with E-state index in [-0.39, 0.29) is 16.8 Å². The lowest BCUT2D eigenvalue weighted by atomic mass is 10.0. The molecule has 1 aromatic rings. The molecule has 0 aromatic heterocycles. The monoisotopic (exact) mass is 223 g/mol. The van der Waals surface area contributed by atoms with Crippen molar-refractivity contribution in [3.8, 4) is 0 Å². The highest BCUT2D eigenvalue weighted by atomic mass is 16.6. The number of aliphatic hydroxyl groups excluding tert-OH is 2. The number of carbonyl (C=O) groups is 1. The van der Waals surface area contributed by atoms with Crippen molar-refractivity contribution in [2.24, 2.45) is 0 Å². The lowest BCUT2D eigenvalue weighted by Gasteiger charge is -2.08. The molecule has 0 radical (unpaired) electrons. The Morgan fingerprint density at radius 2 is 1.94 bits per heavy atom. The van der Waals surface area contributed by atoms with E-state index in [9.17, 15) is 20.0 Å². The standard InChI is InChI=1S/C10H9NO5/c12-5-8(6-13)10(14)7-1-3-9(4-2-7)11(15)16/h1-6,10,12,14H/b8-5+. The van der Waals surface area contributed by atoms with Gasteiger partial charge < -0.3 is 10.2 Å². The number of nitro benzene ring substituents is 1. The van der Waals surface area contributed by atoms with E-state index in [0.29, 0.717) is 12.5 Å². The molecule has 6 heteroatoms. The van der Waals surface area contributed by atoms with Crippen LogP contribution in [0.25, 0.3) is 0 Å². The summed E-state index contributed by atoms with van der Waals surface area (Å²) in [6, 6.07) is 5.04. The summed E-state index contributed by atoms with van der Waals surface area (Å²) in [4.78, 5) is 20.2. The van der Waals surface area contributed by atoms with Gasteiger partial charge in [-0.2, -0.15) is 0 Å². The van der Waals surface area contributed by atoms with E-state index in [0.717, 1.165) is 0 Å². The van der Waals surface area contributed by atoms with E-state index in [1.165, 1.54) is 24.3 Å². The highest BCUT2D eigenvalue weighted by molar-refractivity contribution is 5.74. The Morgan fingerprint density at radius 1 is 1.38 bits per heavy atom. The predicted molar refractivity (Wildman–Crippen MR) is 54.8 cm³/mol. The van der Waals surface area contributed by atoms with Crippen molar-refractivity contribution in [3.05, 3.63) is 51.8 Å². The molecule has 0 fully saturated rings. The molecule has 84 valence electrons. The summed E-state index contributed by atoms with van der Waals surface area (Å²) < 4.78 is 0. The number of aldehydes is 1. The molecule has 0 saturated heterocycles. The van der Waals surface area contributed by atoms with Crippen LogP contribution in [0.5, 0.6) is 0 Å². The molecule has 1 atom stereocenters. The molecule has 0 aliphatic rings. The van der Waals surface area contributed by atoms with E-state index >= 15 is 0 Å². The first kappa shape index (κ1) is 11.9. The SMILES string of the molecule is O=C/C(=C\O)C(O)c1ccc([N+](=O)[O-])cc1. The zero-order valence-corrected chi connectivity index (χ0v) is 8.11. The molecule has 0 aliphatic heterocycles. The molecular formula is C10H9NO5. The summed E-state index contributed by atoms with van der Waals surface area (Å²) in [5.74, 6) is 0. The molecule has 2 N–H and O–H groups in total. The van der Waals surface area contributed by atoms with Crippen LogP contribution in [0, 0.1) is 10.1 Å². The highest BCUT2D eigenvalue weighted by Gasteiger charge is 2.14. The predicted octanol–water partition coefficient (Wildman–Crippen LogP) is 1.27. The van der Waals surface area contributed by atoms with Crippen molar-refractivity contribution in [2.75, 3.05) is 0 Å². The second-order valence-corrected chi connectivity index (χ2v) is 3.00. The van der Waals surface area contributed by atoms with Crippen LogP contribution in [0.4, 0.5) is 5.69 Å². The molecule has 0 aliphatic carbocycles. The molecule has 0 spiro atoms. The largest absolute Gasteiger partial charge is 0.515 e. The van der Waals surface area contributed by atoms with Gasteiger partial charge in [0, 0.05) is 12.1 Å². The van der Waals surface area contributed by atoms with Crippen molar-refractivity contribution >= 4 is 12.0 Å². The third kappa shape index (κ3) is 2.43. The molecular weight excluding hydrogens is 214 g/mol. The molecule has 1 rings (SSSR count). The van der Waals surface area contributed by atoms with Gasteiger partial charge in [0.15, 0.2) is 6.29 Å². The van der Waals surface area contributed by atoms with E-state index in [4.69, 9.17) is 5.11 Å². The van der Waals surface area contributed by atoms with Crippen LogP contribution in [-0.4, -0.2) is 21.4 Å². The van der Waals surface area contributed by atoms with Crippen molar-refractivity contribution in [3.63, 3.8) is 0 Å². The number of nitro groups is 1. The van der Waals surface area contributed by atoms with Crippen LogP contribution in [-0.2, 0) is 4.79 Å². The maximum absolute atomic E-state index is 10.4. The van der Waals surface area contributed by atoms with E-state index in [1.54, 1.807) is 0 Å². The van der Waals surface area contributed by atoms with E-state index < -0.39 is 11.0 Å². The topological polar surface area (TPSA) is 101 Å². The zero-order valence-electron chi connectivity index (χ0n) is 8.11. The Bertz CT molecular complexity index is 423. The van der Waals surface area contributed by atoms with Gasteiger partial charge in [-0.25, -0.2) is 0 Å². The van der Waals surface area contributed by atoms with Crippen LogP contribution in [0.3, 0.4) is 0 Å². The third-order valence-electron chi connectivity index (χ3n) is 2.02. The molecule has 0 bridgehead atoms. The minimum atomic E-state index is -1.29. The van der Waals surface area contributed by atoms with Gasteiger partial charge in [-0.15, -0.1) is 0 Å². The summed E-state index contributed by atoms with van der Waals surface area (Å²) in [6.07, 6.45) is -0.478. The molecule has 0 saturated carbocycles. The molecule has 16 heavy (non-hydrogen) atoms. The fourth-order valence-electron chi connectivity index (χ4n) is 1.14. The van der Waals surface area contributed by atoms with Gasteiger partial charge in [-0.05, 0) is 17.7 Å². The van der Waals surface area contributed by atoms with Crippen molar-refractivity contribution in [2.45, 2.75) is 6.10 Å². The number of hydrogen-bond acceptors (Lipinski definition) is 5. The van der Waals surface area contributed by atoms with Crippen LogP contribution in [0.1, 0.15) is 11.7 Å². The van der Waals surface area contributed by atoms with Crippen molar-refractivity contribution < 1.29 is 19.9 Å². The molecule has 0 heterocycles. The van der Waals surface area contributed by atoms with Gasteiger partial charge in [-0.1, -0.05) is 0 Å². The number of carbonyl (C=O) groups excluding carboxylic acids is 1. The first-order valence-electron chi connectivity index (χ1n) is 4.32. The average molecular weight is 223 g/mol. The van der Waals surface area contributed by atoms with E-state index in [1.807, 2.05) is 0 Å². The van der Waals surface area contributed by atoms with E-state index in [2.05, 4.69) is 0 Å². The quantitative estimate of drug-likeness (QED) is 0.263. The average Bonchev–Trinajstić information content (AvgIpc) is 2.30. The van der Waals surface area contributed by atoms with Crippen LogP contribution >= 0.6 is 0 Å². The summed E-state index contributed by atoms with van der Waals surface area (Å²) in [6.45, 7) is 0. The van der Waals surface area contributed by atoms with Gasteiger partial charge in [-0.3, -0.25) is 14.9 Å². The molecule has 0 amide bonds.